The zero-order valence-electron chi connectivity index (χ0n) is 21.8. The van der Waals surface area contributed by atoms with Gasteiger partial charge in [0.2, 0.25) is 5.91 Å². The number of ether oxygens (including phenoxy) is 2. The molecule has 5 rings (SSSR count). The minimum atomic E-state index is -3.81. The Bertz CT molecular complexity index is 1730. The molecular weight excluding hydrogens is 550 g/mol. The molecule has 1 N–H and O–H groups in total. The first-order valence-corrected chi connectivity index (χ1v) is 12.4. The molecule has 0 aliphatic carbocycles. The molecule has 0 spiro atoms. The Morgan fingerprint density at radius 3 is 2.52 bits per heavy atom. The van der Waals surface area contributed by atoms with E-state index in [2.05, 4.69) is 19.9 Å². The predicted molar refractivity (Wildman–Crippen MR) is 142 cm³/mol. The monoisotopic (exact) mass is 572 g/mol. The van der Waals surface area contributed by atoms with Crippen molar-refractivity contribution in [2.24, 2.45) is 0 Å². The molecule has 0 saturated heterocycles. The number of halogens is 3. The number of fused-ring (bicyclic) bond motifs is 2. The smallest absolute Gasteiger partial charge is 0.448 e. The lowest BCUT2D eigenvalue weighted by Gasteiger charge is -2.19. The molecule has 2 aromatic heterocycles. The summed E-state index contributed by atoms with van der Waals surface area (Å²) in [5.74, 6) is -1.64. The molecule has 2 amide bonds. The molecule has 1 aliphatic rings. The predicted octanol–water partition coefficient (Wildman–Crippen LogP) is 4.82. The van der Waals surface area contributed by atoms with Gasteiger partial charge in [-0.3, -0.25) is 14.4 Å². The lowest BCUT2D eigenvalue weighted by molar-refractivity contribution is -0.286. The highest BCUT2D eigenvalue weighted by atomic mass is 35.5. The molecule has 3 heterocycles. The molecule has 0 unspecified atom stereocenters. The molecule has 0 radical (unpaired) electrons. The number of hydrogen-bond donors (Lipinski definition) is 1. The normalized spacial score (nSPS) is 13.9. The van der Waals surface area contributed by atoms with Crippen LogP contribution in [0.3, 0.4) is 0 Å². The fraction of sp³-hybridized carbons (Fsp3) is 0.259. The van der Waals surface area contributed by atoms with Crippen molar-refractivity contribution in [1.29, 1.82) is 0 Å². The van der Waals surface area contributed by atoms with E-state index in [9.17, 15) is 23.2 Å². The van der Waals surface area contributed by atoms with Crippen molar-refractivity contribution in [2.45, 2.75) is 39.1 Å². The number of benzene rings is 2. The number of aromatic nitrogens is 2. The van der Waals surface area contributed by atoms with Gasteiger partial charge in [0.25, 0.3) is 11.5 Å². The lowest BCUT2D eigenvalue weighted by Crippen LogP contribution is -2.40. The third kappa shape index (κ3) is 5.34. The summed E-state index contributed by atoms with van der Waals surface area (Å²) in [6.07, 6.45) is -3.81. The topological polar surface area (TPSA) is 116 Å². The maximum absolute atomic E-state index is 13.4. The van der Waals surface area contributed by atoms with Crippen LogP contribution in [-0.2, 0) is 11.3 Å². The van der Waals surface area contributed by atoms with E-state index in [-0.39, 0.29) is 39.6 Å². The molecule has 0 fully saturated rings. The van der Waals surface area contributed by atoms with Crippen molar-refractivity contribution in [3.8, 4) is 22.8 Å². The molecule has 0 atom stereocenters. The highest BCUT2D eigenvalue weighted by Gasteiger charge is 2.43. The van der Waals surface area contributed by atoms with E-state index in [1.807, 2.05) is 0 Å². The van der Waals surface area contributed by atoms with Crippen molar-refractivity contribution in [1.82, 2.24) is 15.1 Å². The van der Waals surface area contributed by atoms with Gasteiger partial charge in [-0.1, -0.05) is 23.7 Å². The molecular formula is C27H23ClF2N4O6. The van der Waals surface area contributed by atoms with Gasteiger partial charge in [-0.2, -0.15) is 5.10 Å². The van der Waals surface area contributed by atoms with Gasteiger partial charge in [-0.15, -0.1) is 8.78 Å². The number of furan rings is 1. The van der Waals surface area contributed by atoms with Gasteiger partial charge in [-0.05, 0) is 45.0 Å². The molecule has 4 aromatic rings. The summed E-state index contributed by atoms with van der Waals surface area (Å²) < 4.78 is 42.4. The van der Waals surface area contributed by atoms with Crippen LogP contribution in [0.25, 0.3) is 22.2 Å². The number of alkyl halides is 2. The minimum absolute atomic E-state index is 0.0322. The zero-order chi connectivity index (χ0) is 29.0. The van der Waals surface area contributed by atoms with Gasteiger partial charge >= 0.3 is 6.29 Å². The summed E-state index contributed by atoms with van der Waals surface area (Å²) in [5.41, 5.74) is -0.287. The number of hydrogen-bond acceptors (Lipinski definition) is 7. The first-order valence-electron chi connectivity index (χ1n) is 12.0. The quantitative estimate of drug-likeness (QED) is 0.364. The fourth-order valence-corrected chi connectivity index (χ4v) is 4.24. The first-order chi connectivity index (χ1) is 18.7. The summed E-state index contributed by atoms with van der Waals surface area (Å²) in [6.45, 7) is 4.88. The Kier molecular flexibility index (Phi) is 6.53. The van der Waals surface area contributed by atoms with Gasteiger partial charge in [-0.25, -0.2) is 4.68 Å². The second kappa shape index (κ2) is 9.63. The van der Waals surface area contributed by atoms with Crippen molar-refractivity contribution >= 4 is 40.1 Å². The minimum Gasteiger partial charge on any atom is -0.448 e. The molecule has 2 aromatic carbocycles. The average Bonchev–Trinajstić information content (AvgIpc) is 3.44. The van der Waals surface area contributed by atoms with Crippen LogP contribution in [-0.4, -0.2) is 40.5 Å². The Morgan fingerprint density at radius 1 is 1.10 bits per heavy atom. The van der Waals surface area contributed by atoms with Crippen LogP contribution in [0, 0.1) is 0 Å². The van der Waals surface area contributed by atoms with E-state index in [1.165, 1.54) is 31.3 Å². The average molecular weight is 573 g/mol. The highest BCUT2D eigenvalue weighted by molar-refractivity contribution is 6.30. The van der Waals surface area contributed by atoms with Crippen LogP contribution in [0.5, 0.6) is 11.5 Å². The van der Waals surface area contributed by atoms with E-state index >= 15 is 0 Å². The Balaban J connectivity index is 1.53. The fourth-order valence-electron chi connectivity index (χ4n) is 4.05. The van der Waals surface area contributed by atoms with Gasteiger partial charge in [0.05, 0.1) is 5.39 Å². The summed E-state index contributed by atoms with van der Waals surface area (Å²) in [4.78, 5) is 40.6. The van der Waals surface area contributed by atoms with Gasteiger partial charge in [0, 0.05) is 41.0 Å². The summed E-state index contributed by atoms with van der Waals surface area (Å²) in [6, 6.07) is 11.8. The largest absolute Gasteiger partial charge is 0.586 e. The van der Waals surface area contributed by atoms with Crippen molar-refractivity contribution in [3.63, 3.8) is 0 Å². The summed E-state index contributed by atoms with van der Waals surface area (Å²) in [7, 11) is 1.41. The third-order valence-corrected chi connectivity index (χ3v) is 6.11. The molecule has 13 heteroatoms. The molecule has 1 aliphatic heterocycles. The molecule has 40 heavy (non-hydrogen) atoms. The second-order valence-corrected chi connectivity index (χ2v) is 10.6. The molecule has 0 saturated carbocycles. The number of carbonyl (C=O) groups excluding carboxylic acids is 2. The number of amides is 2. The Labute approximate surface area is 231 Å². The number of anilines is 1. The number of carbonyl (C=O) groups is 2. The van der Waals surface area contributed by atoms with Crippen LogP contribution in [0.15, 0.2) is 57.7 Å². The summed E-state index contributed by atoms with van der Waals surface area (Å²) >= 11 is 6.18. The maximum atomic E-state index is 13.4. The SMILES string of the molecule is CN(C(=O)Cn1nc(-c2cccc(Cl)c2)c2oc(C(=O)NC(C)(C)C)cc2c1=O)c1ccc2c(c1)OC(F)(F)O2. The van der Waals surface area contributed by atoms with E-state index in [1.54, 1.807) is 45.0 Å². The van der Waals surface area contributed by atoms with Crippen molar-refractivity contribution < 1.29 is 32.3 Å². The maximum Gasteiger partial charge on any atom is 0.586 e. The van der Waals surface area contributed by atoms with E-state index < -0.39 is 35.8 Å². The summed E-state index contributed by atoms with van der Waals surface area (Å²) in [5, 5.41) is 7.58. The zero-order valence-corrected chi connectivity index (χ0v) is 22.5. The Hall–Kier alpha value is -4.45. The van der Waals surface area contributed by atoms with Crippen molar-refractivity contribution in [3.05, 3.63) is 69.7 Å². The van der Waals surface area contributed by atoms with Crippen LogP contribution in [0.4, 0.5) is 14.5 Å². The van der Waals surface area contributed by atoms with E-state index in [0.29, 0.717) is 10.6 Å². The van der Waals surface area contributed by atoms with Crippen LogP contribution in [0.1, 0.15) is 31.3 Å². The van der Waals surface area contributed by atoms with Crippen LogP contribution < -0.4 is 25.2 Å². The van der Waals surface area contributed by atoms with Crippen LogP contribution in [0.2, 0.25) is 5.02 Å². The second-order valence-electron chi connectivity index (χ2n) is 10.1. The third-order valence-electron chi connectivity index (χ3n) is 5.87. The Morgan fingerprint density at radius 2 is 1.82 bits per heavy atom. The van der Waals surface area contributed by atoms with Gasteiger partial charge in [0.1, 0.15) is 12.2 Å². The number of nitrogens with one attached hydrogen (secondary N) is 1. The van der Waals surface area contributed by atoms with Crippen molar-refractivity contribution in [2.75, 3.05) is 11.9 Å². The van der Waals surface area contributed by atoms with E-state index in [4.69, 9.17) is 16.0 Å². The standard InChI is InChI=1S/C27H23ClF2N4O6/c1-26(2,3)31-24(36)20-12-17-23(38-20)22(14-6-5-7-15(28)10-14)32-34(25(17)37)13-21(35)33(4)16-8-9-18-19(11-16)40-27(29,30)39-18/h5-12H,13H2,1-4H3,(H,31,36). The molecule has 10 nitrogen and oxygen atoms in total. The van der Waals surface area contributed by atoms with E-state index in [0.717, 1.165) is 9.58 Å². The lowest BCUT2D eigenvalue weighted by atomic mass is 10.1. The number of likely N-dealkylation sites (N-methyl/N-ethyl adjacent to an activating group) is 1. The molecule has 208 valence electrons. The first kappa shape index (κ1) is 27.1. The van der Waals surface area contributed by atoms with Gasteiger partial charge < -0.3 is 24.1 Å². The number of nitrogens with zero attached hydrogens (tertiary/aromatic N) is 3. The highest BCUT2D eigenvalue weighted by Crippen LogP contribution is 2.42. The number of rotatable bonds is 5. The van der Waals surface area contributed by atoms with Crippen LogP contribution >= 0.6 is 11.6 Å². The molecule has 0 bridgehead atoms. The van der Waals surface area contributed by atoms with Gasteiger partial charge in [0.15, 0.2) is 22.8 Å².